The molecule has 0 saturated carbocycles. The van der Waals surface area contributed by atoms with Gasteiger partial charge in [-0.25, -0.2) is 0 Å². The summed E-state index contributed by atoms with van der Waals surface area (Å²) in [6.45, 7) is 5.77. The van der Waals surface area contributed by atoms with E-state index >= 15 is 0 Å². The first kappa shape index (κ1) is 26.2. The molecule has 2 aliphatic heterocycles. The van der Waals surface area contributed by atoms with Crippen molar-refractivity contribution in [1.82, 2.24) is 25.4 Å². The molecule has 3 unspecified atom stereocenters. The van der Waals surface area contributed by atoms with Crippen LogP contribution in [-0.4, -0.2) is 71.8 Å². The number of thioether (sulfide) groups is 1. The Morgan fingerprint density at radius 2 is 1.78 bits per heavy atom. The SMILES string of the molecule is O=C(NCCCN1CCN(C(c2ccccc2)c2ccc(Cl)cc2)CC1)C1CSC(c2cccnc2)N1. The highest BCUT2D eigenvalue weighted by Crippen LogP contribution is 2.32. The number of nitrogens with one attached hydrogen (secondary N) is 2. The molecule has 2 aliphatic rings. The molecule has 0 radical (unpaired) electrons. The van der Waals surface area contributed by atoms with Gasteiger partial charge in [0, 0.05) is 55.9 Å². The largest absolute Gasteiger partial charge is 0.355 e. The van der Waals surface area contributed by atoms with Gasteiger partial charge in [-0.3, -0.25) is 20.0 Å². The maximum absolute atomic E-state index is 12.7. The van der Waals surface area contributed by atoms with E-state index in [-0.39, 0.29) is 23.4 Å². The highest BCUT2D eigenvalue weighted by Gasteiger charge is 2.30. The van der Waals surface area contributed by atoms with E-state index in [4.69, 9.17) is 11.6 Å². The summed E-state index contributed by atoms with van der Waals surface area (Å²) in [7, 11) is 0. The Hall–Kier alpha value is -2.42. The number of hydrogen-bond donors (Lipinski definition) is 2. The fraction of sp³-hybridized carbons (Fsp3) is 0.379. The quantitative estimate of drug-likeness (QED) is 0.397. The second-order valence-electron chi connectivity index (χ2n) is 9.61. The number of piperazine rings is 1. The zero-order valence-corrected chi connectivity index (χ0v) is 22.5. The number of pyridine rings is 1. The number of amides is 1. The number of carbonyl (C=O) groups excluding carboxylic acids is 1. The molecule has 3 atom stereocenters. The average molecular weight is 536 g/mol. The number of carbonyl (C=O) groups is 1. The molecule has 37 heavy (non-hydrogen) atoms. The lowest BCUT2D eigenvalue weighted by molar-refractivity contribution is -0.122. The van der Waals surface area contributed by atoms with Crippen LogP contribution in [0.4, 0.5) is 0 Å². The highest BCUT2D eigenvalue weighted by atomic mass is 35.5. The number of halogens is 1. The van der Waals surface area contributed by atoms with Gasteiger partial charge in [0.25, 0.3) is 0 Å². The van der Waals surface area contributed by atoms with Crippen LogP contribution in [-0.2, 0) is 4.79 Å². The zero-order chi connectivity index (χ0) is 25.5. The molecule has 0 spiro atoms. The molecule has 6 nitrogen and oxygen atoms in total. The summed E-state index contributed by atoms with van der Waals surface area (Å²) >= 11 is 7.92. The summed E-state index contributed by atoms with van der Waals surface area (Å²) in [6.07, 6.45) is 4.59. The summed E-state index contributed by atoms with van der Waals surface area (Å²) in [5.41, 5.74) is 3.70. The van der Waals surface area contributed by atoms with Crippen LogP contribution in [0.15, 0.2) is 79.1 Å². The van der Waals surface area contributed by atoms with Crippen molar-refractivity contribution in [2.45, 2.75) is 23.9 Å². The number of hydrogen-bond acceptors (Lipinski definition) is 6. The van der Waals surface area contributed by atoms with E-state index in [2.05, 4.69) is 73.9 Å². The normalized spacial score (nSPS) is 21.5. The summed E-state index contributed by atoms with van der Waals surface area (Å²) in [4.78, 5) is 21.9. The lowest BCUT2D eigenvalue weighted by Gasteiger charge is -2.40. The van der Waals surface area contributed by atoms with Gasteiger partial charge in [-0.1, -0.05) is 60.1 Å². The standard InChI is InChI=1S/C29H34ClN5OS/c30-25-11-9-23(10-12-25)27(22-6-2-1-3-7-22)35-18-16-34(17-19-35)15-5-14-32-28(36)26-21-37-29(33-26)24-8-4-13-31-20-24/h1-4,6-13,20,26-27,29,33H,5,14-19,21H2,(H,32,36). The van der Waals surface area contributed by atoms with Crippen molar-refractivity contribution in [3.8, 4) is 0 Å². The van der Waals surface area contributed by atoms with Crippen LogP contribution >= 0.6 is 23.4 Å². The van der Waals surface area contributed by atoms with Crippen LogP contribution < -0.4 is 10.6 Å². The topological polar surface area (TPSA) is 60.5 Å². The predicted octanol–water partition coefficient (Wildman–Crippen LogP) is 4.35. The van der Waals surface area contributed by atoms with Gasteiger partial charge in [0.2, 0.25) is 5.91 Å². The molecule has 1 amide bonds. The Balaban J connectivity index is 1.06. The van der Waals surface area contributed by atoms with Crippen LogP contribution in [0.2, 0.25) is 5.02 Å². The van der Waals surface area contributed by atoms with Crippen LogP contribution in [0.1, 0.15) is 34.5 Å². The van der Waals surface area contributed by atoms with Crippen LogP contribution in [0.3, 0.4) is 0 Å². The van der Waals surface area contributed by atoms with Crippen LogP contribution in [0.5, 0.6) is 0 Å². The number of nitrogens with zero attached hydrogens (tertiary/aromatic N) is 3. The predicted molar refractivity (Wildman–Crippen MR) is 152 cm³/mol. The first-order valence-electron chi connectivity index (χ1n) is 13.0. The zero-order valence-electron chi connectivity index (χ0n) is 20.9. The Morgan fingerprint density at radius 3 is 2.51 bits per heavy atom. The average Bonchev–Trinajstić information content (AvgIpc) is 3.45. The van der Waals surface area contributed by atoms with Crippen molar-refractivity contribution in [2.75, 3.05) is 45.0 Å². The van der Waals surface area contributed by atoms with E-state index in [1.54, 1.807) is 18.0 Å². The molecule has 0 bridgehead atoms. The van der Waals surface area contributed by atoms with E-state index in [1.165, 1.54) is 11.1 Å². The summed E-state index contributed by atoms with van der Waals surface area (Å²) in [5, 5.41) is 7.46. The van der Waals surface area contributed by atoms with Crippen LogP contribution in [0, 0.1) is 0 Å². The first-order chi connectivity index (χ1) is 18.2. The third-order valence-electron chi connectivity index (χ3n) is 7.11. The van der Waals surface area contributed by atoms with Gasteiger partial charge in [-0.15, -0.1) is 11.8 Å². The van der Waals surface area contributed by atoms with Gasteiger partial charge < -0.3 is 10.2 Å². The maximum atomic E-state index is 12.7. The molecule has 5 rings (SSSR count). The second-order valence-corrected chi connectivity index (χ2v) is 11.2. The summed E-state index contributed by atoms with van der Waals surface area (Å²) < 4.78 is 0. The minimum absolute atomic E-state index is 0.0948. The lowest BCUT2D eigenvalue weighted by Crippen LogP contribution is -2.48. The van der Waals surface area contributed by atoms with Crippen molar-refractivity contribution < 1.29 is 4.79 Å². The molecule has 194 valence electrons. The second kappa shape index (κ2) is 12.9. The van der Waals surface area contributed by atoms with Crippen LogP contribution in [0.25, 0.3) is 0 Å². The molecule has 2 saturated heterocycles. The lowest BCUT2D eigenvalue weighted by atomic mass is 9.96. The number of benzene rings is 2. The Kier molecular flexibility index (Phi) is 9.13. The minimum Gasteiger partial charge on any atom is -0.355 e. The van der Waals surface area contributed by atoms with Gasteiger partial charge in [-0.05, 0) is 47.9 Å². The van der Waals surface area contributed by atoms with E-state index in [9.17, 15) is 4.79 Å². The first-order valence-corrected chi connectivity index (χ1v) is 14.4. The number of rotatable bonds is 9. The van der Waals surface area contributed by atoms with Crippen molar-refractivity contribution in [3.63, 3.8) is 0 Å². The van der Waals surface area contributed by atoms with E-state index in [1.807, 2.05) is 24.4 Å². The maximum Gasteiger partial charge on any atom is 0.238 e. The molecule has 1 aromatic heterocycles. The molecule has 3 aromatic rings. The van der Waals surface area contributed by atoms with Crippen molar-refractivity contribution >= 4 is 29.3 Å². The monoisotopic (exact) mass is 535 g/mol. The van der Waals surface area contributed by atoms with Gasteiger partial charge >= 0.3 is 0 Å². The Morgan fingerprint density at radius 1 is 1.03 bits per heavy atom. The molecule has 2 N–H and O–H groups in total. The van der Waals surface area contributed by atoms with Gasteiger partial charge in [0.15, 0.2) is 0 Å². The summed E-state index contributed by atoms with van der Waals surface area (Å²) in [5.74, 6) is 0.876. The fourth-order valence-corrected chi connectivity index (χ4v) is 6.47. The molecule has 3 heterocycles. The third-order valence-corrected chi connectivity index (χ3v) is 8.63. The minimum atomic E-state index is -0.151. The Labute approximate surface area is 228 Å². The van der Waals surface area contributed by atoms with E-state index in [0.717, 1.165) is 55.5 Å². The van der Waals surface area contributed by atoms with E-state index in [0.29, 0.717) is 6.54 Å². The Bertz CT molecular complexity index is 1130. The molecular weight excluding hydrogens is 502 g/mol. The number of aromatic nitrogens is 1. The summed E-state index contributed by atoms with van der Waals surface area (Å²) in [6, 6.07) is 23.0. The molecule has 2 aromatic carbocycles. The molecular formula is C29H34ClN5OS. The molecule has 2 fully saturated rings. The smallest absolute Gasteiger partial charge is 0.238 e. The molecule has 0 aliphatic carbocycles. The van der Waals surface area contributed by atoms with E-state index < -0.39 is 0 Å². The molecule has 8 heteroatoms. The fourth-order valence-electron chi connectivity index (χ4n) is 5.12. The highest BCUT2D eigenvalue weighted by molar-refractivity contribution is 7.99. The van der Waals surface area contributed by atoms with Crippen molar-refractivity contribution in [2.24, 2.45) is 0 Å². The van der Waals surface area contributed by atoms with Gasteiger partial charge in [0.1, 0.15) is 0 Å². The van der Waals surface area contributed by atoms with Gasteiger partial charge in [-0.2, -0.15) is 0 Å². The van der Waals surface area contributed by atoms with Gasteiger partial charge in [0.05, 0.1) is 17.5 Å². The third kappa shape index (κ3) is 6.92. The van der Waals surface area contributed by atoms with Crippen molar-refractivity contribution in [3.05, 3.63) is 101 Å². The van der Waals surface area contributed by atoms with Crippen molar-refractivity contribution in [1.29, 1.82) is 0 Å².